The van der Waals surface area contributed by atoms with E-state index >= 15 is 0 Å². The Morgan fingerprint density at radius 1 is 1.27 bits per heavy atom. The molecule has 0 aliphatic carbocycles. The van der Waals surface area contributed by atoms with Crippen LogP contribution in [0.5, 0.6) is 5.75 Å². The van der Waals surface area contributed by atoms with Gasteiger partial charge in [-0.25, -0.2) is 14.5 Å². The number of carbonyl (C=O) groups is 1. The highest BCUT2D eigenvalue weighted by Gasteiger charge is 2.27. The minimum absolute atomic E-state index is 0.0229. The number of aromatic carboxylic acids is 1. The Kier molecular flexibility index (Phi) is 5.44. The van der Waals surface area contributed by atoms with E-state index in [1.807, 2.05) is 6.07 Å². The number of halogens is 1. The van der Waals surface area contributed by atoms with Crippen LogP contribution in [-0.4, -0.2) is 39.7 Å². The fraction of sp³-hybridized carbons (Fsp3) is 0.150. The lowest BCUT2D eigenvalue weighted by molar-refractivity contribution is 0.0698. The van der Waals surface area contributed by atoms with Crippen molar-refractivity contribution in [1.29, 1.82) is 0 Å². The summed E-state index contributed by atoms with van der Waals surface area (Å²) in [6.45, 7) is 0.132. The third-order valence-electron chi connectivity index (χ3n) is 4.91. The number of benzene rings is 2. The fourth-order valence-electron chi connectivity index (χ4n) is 3.49. The van der Waals surface area contributed by atoms with Crippen LogP contribution < -0.4 is 0 Å². The van der Waals surface area contributed by atoms with Crippen LogP contribution >= 0.6 is 15.9 Å². The molecule has 2 N–H and O–H groups in total. The van der Waals surface area contributed by atoms with Crippen molar-refractivity contribution in [3.05, 3.63) is 70.3 Å². The van der Waals surface area contributed by atoms with Gasteiger partial charge < -0.3 is 14.8 Å². The number of phenols is 1. The normalized spacial score (nSPS) is 12.3. The molecule has 0 saturated heterocycles. The summed E-state index contributed by atoms with van der Waals surface area (Å²) in [5, 5.41) is 25.2. The number of aromatic nitrogens is 4. The summed E-state index contributed by atoms with van der Waals surface area (Å²) in [5.41, 5.74) is 1.44. The van der Waals surface area contributed by atoms with Crippen LogP contribution in [0.2, 0.25) is 0 Å². The number of aromatic hydroxyl groups is 1. The molecule has 8 nitrogen and oxygen atoms in total. The molecule has 2 heterocycles. The molecule has 0 spiro atoms. The zero-order chi connectivity index (χ0) is 21.4. The van der Waals surface area contributed by atoms with Gasteiger partial charge in [-0.05, 0) is 34.1 Å². The Morgan fingerprint density at radius 3 is 2.63 bits per heavy atom. The molecule has 4 rings (SSSR count). The zero-order valence-corrected chi connectivity index (χ0v) is 18.2. The molecule has 2 aromatic carbocycles. The maximum absolute atomic E-state index is 12.9. The number of aryl methyl sites for hydroxylation is 1. The zero-order valence-electron chi connectivity index (χ0n) is 15.8. The summed E-state index contributed by atoms with van der Waals surface area (Å²) in [7, 11) is 0.298. The third kappa shape index (κ3) is 3.52. The number of carboxylic acids is 1. The predicted octanol–water partition coefficient (Wildman–Crippen LogP) is 3.29. The lowest BCUT2D eigenvalue weighted by Crippen LogP contribution is -2.08. The molecular weight excluding hydrogens is 472 g/mol. The highest BCUT2D eigenvalue weighted by Crippen LogP contribution is 2.39. The number of rotatable bonds is 6. The van der Waals surface area contributed by atoms with Gasteiger partial charge in [0.2, 0.25) is 0 Å². The molecule has 154 valence electrons. The van der Waals surface area contributed by atoms with Gasteiger partial charge in [-0.1, -0.05) is 18.2 Å². The van der Waals surface area contributed by atoms with E-state index in [1.165, 1.54) is 17.3 Å². The average Bonchev–Trinajstić information content (AvgIpc) is 3.33. The lowest BCUT2D eigenvalue weighted by Gasteiger charge is -2.10. The van der Waals surface area contributed by atoms with Crippen molar-refractivity contribution in [2.45, 2.75) is 17.2 Å². The van der Waals surface area contributed by atoms with Gasteiger partial charge in [0.1, 0.15) is 18.4 Å². The van der Waals surface area contributed by atoms with Crippen molar-refractivity contribution in [2.75, 3.05) is 0 Å². The number of carboxylic acid groups (broad SMARTS) is 1. The van der Waals surface area contributed by atoms with Crippen LogP contribution in [0, 0.1) is 0 Å². The second-order valence-corrected chi connectivity index (χ2v) is 8.97. The first kappa shape index (κ1) is 20.3. The van der Waals surface area contributed by atoms with Crippen LogP contribution in [0.3, 0.4) is 0 Å². The Bertz CT molecular complexity index is 1270. The van der Waals surface area contributed by atoms with Crippen molar-refractivity contribution < 1.29 is 19.2 Å². The Morgan fingerprint density at radius 2 is 2.00 bits per heavy atom. The van der Waals surface area contributed by atoms with Crippen molar-refractivity contribution in [2.24, 2.45) is 7.05 Å². The highest BCUT2D eigenvalue weighted by molar-refractivity contribution is 9.10. The van der Waals surface area contributed by atoms with Gasteiger partial charge >= 0.3 is 5.97 Å². The first-order valence-electron chi connectivity index (χ1n) is 8.89. The highest BCUT2D eigenvalue weighted by atomic mass is 79.9. The van der Waals surface area contributed by atoms with Crippen LogP contribution in [0.4, 0.5) is 0 Å². The van der Waals surface area contributed by atoms with E-state index in [0.717, 1.165) is 0 Å². The number of hydrogen-bond acceptors (Lipinski definition) is 5. The van der Waals surface area contributed by atoms with Gasteiger partial charge in [-0.15, -0.1) is 0 Å². The summed E-state index contributed by atoms with van der Waals surface area (Å²) < 4.78 is 16.6. The van der Waals surface area contributed by atoms with Crippen molar-refractivity contribution >= 4 is 43.6 Å². The van der Waals surface area contributed by atoms with Crippen LogP contribution in [0.25, 0.3) is 10.9 Å². The van der Waals surface area contributed by atoms with Crippen molar-refractivity contribution in [3.63, 3.8) is 0 Å². The number of hydrogen-bond donors (Lipinski definition) is 2. The summed E-state index contributed by atoms with van der Waals surface area (Å²) >= 11 is 3.35. The molecule has 0 aliphatic heterocycles. The van der Waals surface area contributed by atoms with E-state index in [1.54, 1.807) is 41.9 Å². The summed E-state index contributed by atoms with van der Waals surface area (Å²) in [5.74, 6) is -1.19. The molecule has 0 fully saturated rings. The quantitative estimate of drug-likeness (QED) is 0.430. The van der Waals surface area contributed by atoms with Gasteiger partial charge in [0.05, 0.1) is 38.7 Å². The molecule has 30 heavy (non-hydrogen) atoms. The summed E-state index contributed by atoms with van der Waals surface area (Å²) in [6, 6.07) is 10.6. The Hall–Kier alpha value is -2.98. The molecule has 10 heteroatoms. The minimum Gasteiger partial charge on any atom is -0.506 e. The summed E-state index contributed by atoms with van der Waals surface area (Å²) in [6.07, 6.45) is 2.85. The van der Waals surface area contributed by atoms with Crippen LogP contribution in [0.15, 0.2) is 58.4 Å². The van der Waals surface area contributed by atoms with E-state index in [2.05, 4.69) is 26.0 Å². The minimum atomic E-state index is -1.43. The standard InChI is InChI=1S/C20H17BrN4O4S/c1-24-15-7-14(21)19(26)13(8-25-11-22-10-23-25)17(15)18(20(27)28)16(24)9-30(29)12-5-3-2-4-6-12/h2-7,10-11,26H,8-9H2,1H3,(H,27,28). The van der Waals surface area contributed by atoms with E-state index in [-0.39, 0.29) is 23.6 Å². The maximum atomic E-state index is 12.9. The molecule has 2 aromatic heterocycles. The SMILES string of the molecule is Cn1c(CS(=O)c2ccccc2)c(C(=O)O)c2c(Cn3cncn3)c(O)c(Br)cc21. The largest absolute Gasteiger partial charge is 0.506 e. The van der Waals surface area contributed by atoms with Gasteiger partial charge in [-0.3, -0.25) is 4.21 Å². The topological polar surface area (TPSA) is 110 Å². The number of fused-ring (bicyclic) bond motifs is 1. The number of nitrogens with zero attached hydrogens (tertiary/aromatic N) is 4. The molecule has 1 atom stereocenters. The first-order valence-corrected chi connectivity index (χ1v) is 11.0. The van der Waals surface area contributed by atoms with E-state index < -0.39 is 16.8 Å². The van der Waals surface area contributed by atoms with Crippen LogP contribution in [-0.2, 0) is 30.1 Å². The number of phenolic OH excluding ortho intramolecular Hbond substituents is 1. The Labute approximate surface area is 182 Å². The molecule has 1 unspecified atom stereocenters. The smallest absolute Gasteiger partial charge is 0.338 e. The molecule has 0 bridgehead atoms. The van der Waals surface area contributed by atoms with Crippen molar-refractivity contribution in [3.8, 4) is 5.75 Å². The maximum Gasteiger partial charge on any atom is 0.338 e. The molecular formula is C20H17BrN4O4S. The molecule has 0 amide bonds. The van der Waals surface area contributed by atoms with Gasteiger partial charge in [0.15, 0.2) is 0 Å². The molecule has 0 radical (unpaired) electrons. The first-order chi connectivity index (χ1) is 14.4. The lowest BCUT2D eigenvalue weighted by atomic mass is 10.0. The molecule has 4 aromatic rings. The summed E-state index contributed by atoms with van der Waals surface area (Å²) in [4.78, 5) is 16.8. The Balaban J connectivity index is 1.93. The second kappa shape index (κ2) is 8.04. The molecule has 0 saturated carbocycles. The van der Waals surface area contributed by atoms with Crippen LogP contribution in [0.1, 0.15) is 21.6 Å². The second-order valence-electron chi connectivity index (χ2n) is 6.66. The predicted molar refractivity (Wildman–Crippen MR) is 115 cm³/mol. The van der Waals surface area contributed by atoms with E-state index in [0.29, 0.717) is 31.5 Å². The van der Waals surface area contributed by atoms with E-state index in [4.69, 9.17) is 0 Å². The van der Waals surface area contributed by atoms with Gasteiger partial charge in [-0.2, -0.15) is 5.10 Å². The third-order valence-corrected chi connectivity index (χ3v) is 6.85. The fourth-order valence-corrected chi connectivity index (χ4v) is 5.16. The van der Waals surface area contributed by atoms with Gasteiger partial charge in [0.25, 0.3) is 0 Å². The van der Waals surface area contributed by atoms with E-state index in [9.17, 15) is 19.2 Å². The molecule has 0 aliphatic rings. The van der Waals surface area contributed by atoms with Gasteiger partial charge in [0, 0.05) is 28.6 Å². The average molecular weight is 489 g/mol. The monoisotopic (exact) mass is 488 g/mol. The van der Waals surface area contributed by atoms with Crippen molar-refractivity contribution in [1.82, 2.24) is 19.3 Å².